The second-order valence-electron chi connectivity index (χ2n) is 11.4. The van der Waals surface area contributed by atoms with Crippen LogP contribution in [0.1, 0.15) is 62.4 Å². The third kappa shape index (κ3) is 7.40. The number of amides is 2. The van der Waals surface area contributed by atoms with Crippen LogP contribution in [0.5, 0.6) is 0 Å². The zero-order chi connectivity index (χ0) is 30.3. The maximum Gasteiger partial charge on any atom is 0.408 e. The Morgan fingerprint density at radius 1 is 1.17 bits per heavy atom. The van der Waals surface area contributed by atoms with Gasteiger partial charge in [-0.15, -0.1) is 0 Å². The molecule has 0 spiro atoms. The van der Waals surface area contributed by atoms with Gasteiger partial charge in [-0.05, 0) is 62.9 Å². The predicted molar refractivity (Wildman–Crippen MR) is 145 cm³/mol. The van der Waals surface area contributed by atoms with Crippen molar-refractivity contribution in [2.75, 3.05) is 10.7 Å². The minimum atomic E-state index is -4.39. The zero-order valence-electron chi connectivity index (χ0n) is 22.7. The summed E-state index contributed by atoms with van der Waals surface area (Å²) in [7, 11) is -4.39. The van der Waals surface area contributed by atoms with Crippen molar-refractivity contribution in [3.63, 3.8) is 0 Å². The molecule has 2 amide bonds. The van der Waals surface area contributed by atoms with E-state index in [4.69, 9.17) is 16.3 Å². The van der Waals surface area contributed by atoms with E-state index in [9.17, 15) is 31.6 Å². The normalized spacial score (nSPS) is 21.6. The van der Waals surface area contributed by atoms with Crippen LogP contribution in [0.25, 0.3) is 0 Å². The fraction of sp³-hybridized carbons (Fsp3) is 0.464. The molecule has 2 aromatic carbocycles. The highest BCUT2D eigenvalue weighted by molar-refractivity contribution is 7.91. The number of benzene rings is 2. The van der Waals surface area contributed by atoms with Gasteiger partial charge in [0.1, 0.15) is 17.5 Å². The van der Waals surface area contributed by atoms with Gasteiger partial charge in [0.15, 0.2) is 15.6 Å². The van der Waals surface area contributed by atoms with Crippen LogP contribution < -0.4 is 10.2 Å². The number of Topliss-reactive ketones (excluding diaryl/α,β-unsaturated/α-hetero) is 1. The van der Waals surface area contributed by atoms with E-state index in [0.717, 1.165) is 11.0 Å². The molecule has 0 aromatic heterocycles. The molecular formula is C28H30ClF3N2O6S. The number of hydrogen-bond donors (Lipinski definition) is 1. The van der Waals surface area contributed by atoms with Gasteiger partial charge in [-0.2, -0.15) is 0 Å². The summed E-state index contributed by atoms with van der Waals surface area (Å²) in [6.07, 6.45) is -2.16. The number of anilines is 1. The summed E-state index contributed by atoms with van der Waals surface area (Å²) in [5.41, 5.74) is -1.19. The highest BCUT2D eigenvalue weighted by Crippen LogP contribution is 2.41. The van der Waals surface area contributed by atoms with E-state index in [2.05, 4.69) is 5.32 Å². The molecule has 0 radical (unpaired) electrons. The Labute approximate surface area is 241 Å². The monoisotopic (exact) mass is 614 g/mol. The molecule has 2 aromatic rings. The molecule has 0 bridgehead atoms. The molecule has 8 nitrogen and oxygen atoms in total. The van der Waals surface area contributed by atoms with Crippen molar-refractivity contribution in [1.29, 1.82) is 0 Å². The first-order valence-corrected chi connectivity index (χ1v) is 15.0. The molecule has 1 aliphatic carbocycles. The van der Waals surface area contributed by atoms with E-state index >= 15 is 4.39 Å². The van der Waals surface area contributed by atoms with Gasteiger partial charge in [-0.25, -0.2) is 26.4 Å². The number of carbonyl (C=O) groups is 3. The van der Waals surface area contributed by atoms with Gasteiger partial charge in [0.2, 0.25) is 5.92 Å². The van der Waals surface area contributed by atoms with Crippen molar-refractivity contribution in [2.45, 2.75) is 75.5 Å². The Morgan fingerprint density at radius 3 is 2.41 bits per heavy atom. The largest absolute Gasteiger partial charge is 0.444 e. The summed E-state index contributed by atoms with van der Waals surface area (Å²) in [6.45, 7) is 4.57. The number of nitrogens with zero attached hydrogens (tertiary/aromatic N) is 1. The smallest absolute Gasteiger partial charge is 0.408 e. The molecule has 2 atom stereocenters. The Hall–Kier alpha value is -3.12. The number of carbonyl (C=O) groups excluding carboxylic acids is 3. The van der Waals surface area contributed by atoms with Gasteiger partial charge in [-0.1, -0.05) is 23.7 Å². The molecule has 1 heterocycles. The standard InChI is InChI=1S/C28H30ClF3N2O6S/c1-27(2,3)40-26(37)33-21-15-41(38,39)24-12-20(30)19(23(35)10-17-8-9-28(31,32)13-17)11-22(24)34(25(21)36)14-16-4-6-18(29)7-5-16/h4-7,11-12,17,21H,8-10,13-15H2,1-3H3,(H,33,37)/t17?,21-/m0/s1. The van der Waals surface area contributed by atoms with E-state index in [1.807, 2.05) is 0 Å². The third-order valence-corrected chi connectivity index (χ3v) is 8.87. The van der Waals surface area contributed by atoms with E-state index < -0.39 is 79.6 Å². The average molecular weight is 615 g/mol. The SMILES string of the molecule is CC(C)(C)OC(=O)N[C@H]1CS(=O)(=O)c2cc(F)c(C(=O)CC3CCC(F)(F)C3)cc2N(Cc2ccc(Cl)cc2)C1=O. The maximum atomic E-state index is 15.3. The van der Waals surface area contributed by atoms with Crippen molar-refractivity contribution < 1.29 is 40.7 Å². The second kappa shape index (κ2) is 11.3. The molecule has 222 valence electrons. The van der Waals surface area contributed by atoms with E-state index in [1.54, 1.807) is 45.0 Å². The Morgan fingerprint density at radius 2 is 1.83 bits per heavy atom. The van der Waals surface area contributed by atoms with Crippen LogP contribution in [-0.4, -0.2) is 49.5 Å². The number of halogens is 4. The first-order chi connectivity index (χ1) is 18.9. The lowest BCUT2D eigenvalue weighted by Gasteiger charge is -2.27. The van der Waals surface area contributed by atoms with Crippen LogP contribution in [0.4, 0.5) is 23.7 Å². The molecule has 1 aliphatic heterocycles. The number of hydrogen-bond acceptors (Lipinski definition) is 6. The Bertz CT molecular complexity index is 1470. The van der Waals surface area contributed by atoms with Crippen LogP contribution in [0.3, 0.4) is 0 Å². The van der Waals surface area contributed by atoms with Crippen molar-refractivity contribution in [3.05, 3.63) is 58.4 Å². The molecule has 1 unspecified atom stereocenters. The second-order valence-corrected chi connectivity index (χ2v) is 13.9. The molecule has 1 saturated carbocycles. The maximum absolute atomic E-state index is 15.3. The molecule has 1 N–H and O–H groups in total. The van der Waals surface area contributed by atoms with Gasteiger partial charge in [0, 0.05) is 24.3 Å². The lowest BCUT2D eigenvalue weighted by Crippen LogP contribution is -2.51. The summed E-state index contributed by atoms with van der Waals surface area (Å²) in [4.78, 5) is 39.9. The quantitative estimate of drug-likeness (QED) is 0.418. The van der Waals surface area contributed by atoms with E-state index in [-0.39, 0.29) is 31.5 Å². The predicted octanol–water partition coefficient (Wildman–Crippen LogP) is 5.70. The summed E-state index contributed by atoms with van der Waals surface area (Å²) in [5.74, 6) is -7.22. The summed E-state index contributed by atoms with van der Waals surface area (Å²) in [6, 6.07) is 6.36. The molecule has 13 heteroatoms. The number of rotatable bonds is 6. The highest BCUT2D eigenvalue weighted by atomic mass is 35.5. The molecular weight excluding hydrogens is 585 g/mol. The lowest BCUT2D eigenvalue weighted by atomic mass is 9.96. The topological polar surface area (TPSA) is 110 Å². The van der Waals surface area contributed by atoms with Crippen molar-refractivity contribution in [2.24, 2.45) is 5.92 Å². The fourth-order valence-electron chi connectivity index (χ4n) is 4.98. The number of nitrogens with one attached hydrogen (secondary N) is 1. The number of alkyl halides is 2. The van der Waals surface area contributed by atoms with Crippen LogP contribution in [0.2, 0.25) is 5.02 Å². The number of sulfone groups is 1. The number of ketones is 1. The van der Waals surface area contributed by atoms with Gasteiger partial charge in [0.05, 0.1) is 28.4 Å². The Balaban J connectivity index is 1.76. The van der Waals surface area contributed by atoms with Gasteiger partial charge < -0.3 is 15.0 Å². The summed E-state index contributed by atoms with van der Waals surface area (Å²) >= 11 is 5.97. The van der Waals surface area contributed by atoms with Crippen molar-refractivity contribution >= 4 is 44.9 Å². The van der Waals surface area contributed by atoms with Crippen molar-refractivity contribution in [3.8, 4) is 0 Å². The van der Waals surface area contributed by atoms with E-state index in [1.165, 1.54) is 0 Å². The summed E-state index contributed by atoms with van der Waals surface area (Å²) < 4.78 is 74.7. The first-order valence-electron chi connectivity index (χ1n) is 13.0. The molecule has 41 heavy (non-hydrogen) atoms. The minimum absolute atomic E-state index is 0.0961. The number of ether oxygens (including phenoxy) is 1. The minimum Gasteiger partial charge on any atom is -0.444 e. The number of fused-ring (bicyclic) bond motifs is 1. The van der Waals surface area contributed by atoms with E-state index in [0.29, 0.717) is 16.7 Å². The molecule has 2 aliphatic rings. The molecule has 0 saturated heterocycles. The highest BCUT2D eigenvalue weighted by Gasteiger charge is 2.42. The van der Waals surface area contributed by atoms with Gasteiger partial charge in [0.25, 0.3) is 5.91 Å². The Kier molecular flexibility index (Phi) is 8.48. The van der Waals surface area contributed by atoms with Gasteiger partial charge in [-0.3, -0.25) is 9.59 Å². The molecule has 1 fully saturated rings. The third-order valence-electron chi connectivity index (χ3n) is 6.85. The van der Waals surface area contributed by atoms with Crippen LogP contribution >= 0.6 is 11.6 Å². The molecule has 4 rings (SSSR count). The summed E-state index contributed by atoms with van der Waals surface area (Å²) in [5, 5.41) is 2.72. The van der Waals surface area contributed by atoms with Crippen LogP contribution in [0, 0.1) is 11.7 Å². The zero-order valence-corrected chi connectivity index (χ0v) is 24.3. The average Bonchev–Trinajstić information content (AvgIpc) is 3.16. The fourth-order valence-corrected chi connectivity index (χ4v) is 6.72. The van der Waals surface area contributed by atoms with Crippen molar-refractivity contribution in [1.82, 2.24) is 5.32 Å². The lowest BCUT2D eigenvalue weighted by molar-refractivity contribution is -0.120. The van der Waals surface area contributed by atoms with Crippen LogP contribution in [-0.2, 0) is 25.9 Å². The van der Waals surface area contributed by atoms with Gasteiger partial charge >= 0.3 is 6.09 Å². The van der Waals surface area contributed by atoms with Crippen LogP contribution in [0.15, 0.2) is 41.3 Å². The first kappa shape index (κ1) is 30.8. The number of alkyl carbamates (subject to hydrolysis) is 1.